The molecule has 2 heterocycles. The van der Waals surface area contributed by atoms with Gasteiger partial charge >= 0.3 is 6.03 Å². The van der Waals surface area contributed by atoms with Crippen molar-refractivity contribution in [3.05, 3.63) is 86.8 Å². The number of aromatic nitrogens is 3. The molecule has 0 bridgehead atoms. The monoisotopic (exact) mass is 509 g/mol. The van der Waals surface area contributed by atoms with E-state index in [1.54, 1.807) is 67.1 Å². The second kappa shape index (κ2) is 10.3. The van der Waals surface area contributed by atoms with Gasteiger partial charge < -0.3 is 15.4 Å². The third kappa shape index (κ3) is 5.06. The van der Waals surface area contributed by atoms with Crippen molar-refractivity contribution >= 4 is 40.4 Å². The molecule has 180 valence electrons. The van der Waals surface area contributed by atoms with Gasteiger partial charge in [0.15, 0.2) is 11.6 Å². The number of aryl methyl sites for hydroxylation is 2. The number of ketones is 1. The third-order valence-corrected chi connectivity index (χ3v) is 7.06. The Morgan fingerprint density at radius 1 is 1.09 bits per heavy atom. The first-order chi connectivity index (χ1) is 16.8. The Labute approximate surface area is 211 Å². The number of carbonyl (C=O) groups excluding carboxylic acids is 2. The molecule has 35 heavy (non-hydrogen) atoms. The van der Waals surface area contributed by atoms with Crippen molar-refractivity contribution in [1.29, 1.82) is 0 Å². The van der Waals surface area contributed by atoms with Crippen LogP contribution in [0.1, 0.15) is 38.0 Å². The van der Waals surface area contributed by atoms with Gasteiger partial charge in [0.2, 0.25) is 0 Å². The lowest BCUT2D eigenvalue weighted by molar-refractivity contribution is 0.103. The van der Waals surface area contributed by atoms with Gasteiger partial charge in [-0.3, -0.25) is 9.36 Å². The summed E-state index contributed by atoms with van der Waals surface area (Å²) in [6, 6.07) is 13.6. The van der Waals surface area contributed by atoms with Crippen molar-refractivity contribution in [1.82, 2.24) is 20.1 Å². The molecule has 0 radical (unpaired) electrons. The lowest BCUT2D eigenvalue weighted by Gasteiger charge is -2.12. The molecule has 2 aromatic heterocycles. The smallest absolute Gasteiger partial charge is 0.319 e. The van der Waals surface area contributed by atoms with Crippen LogP contribution in [0.5, 0.6) is 5.75 Å². The van der Waals surface area contributed by atoms with E-state index < -0.39 is 6.03 Å². The topological polar surface area (TPSA) is 98.1 Å². The van der Waals surface area contributed by atoms with Gasteiger partial charge in [-0.05, 0) is 50.6 Å². The Morgan fingerprint density at radius 3 is 2.60 bits per heavy atom. The van der Waals surface area contributed by atoms with Gasteiger partial charge in [0, 0.05) is 22.2 Å². The molecule has 2 N–H and O–H groups in total. The minimum absolute atomic E-state index is 0.104. The zero-order valence-corrected chi connectivity index (χ0v) is 21.3. The van der Waals surface area contributed by atoms with E-state index in [1.165, 1.54) is 11.3 Å². The molecule has 0 atom stereocenters. The summed E-state index contributed by atoms with van der Waals surface area (Å²) in [7, 11) is 1.56. The largest absolute Gasteiger partial charge is 0.497 e. The number of urea groups is 1. The summed E-state index contributed by atoms with van der Waals surface area (Å²) >= 11 is 7.80. The first-order valence-electron chi connectivity index (χ1n) is 10.8. The zero-order valence-electron chi connectivity index (χ0n) is 19.7. The van der Waals surface area contributed by atoms with E-state index in [1.807, 2.05) is 13.8 Å². The van der Waals surface area contributed by atoms with Gasteiger partial charge in [-0.1, -0.05) is 29.8 Å². The molecule has 0 saturated heterocycles. The second-order valence-electron chi connectivity index (χ2n) is 7.81. The van der Waals surface area contributed by atoms with E-state index in [-0.39, 0.29) is 12.3 Å². The normalized spacial score (nSPS) is 10.8. The van der Waals surface area contributed by atoms with Gasteiger partial charge in [-0.2, -0.15) is 0 Å². The molecule has 0 unspecified atom stereocenters. The lowest BCUT2D eigenvalue weighted by atomic mass is 10.0. The maximum absolute atomic E-state index is 13.5. The van der Waals surface area contributed by atoms with Crippen LogP contribution in [0, 0.1) is 20.8 Å². The molecular formula is C25H24ClN5O3S. The highest BCUT2D eigenvalue weighted by molar-refractivity contribution is 7.15. The number of benzene rings is 2. The van der Waals surface area contributed by atoms with Crippen LogP contribution >= 0.6 is 22.9 Å². The number of ether oxygens (including phenoxy) is 1. The van der Waals surface area contributed by atoms with Crippen LogP contribution in [0.4, 0.5) is 10.5 Å². The average molecular weight is 510 g/mol. The summed E-state index contributed by atoms with van der Waals surface area (Å²) in [5, 5.41) is 15.1. The van der Waals surface area contributed by atoms with Gasteiger partial charge in [0.05, 0.1) is 24.2 Å². The van der Waals surface area contributed by atoms with Crippen molar-refractivity contribution in [2.45, 2.75) is 27.3 Å². The minimum atomic E-state index is -0.406. The van der Waals surface area contributed by atoms with E-state index in [0.717, 1.165) is 10.4 Å². The molecule has 0 fully saturated rings. The first-order valence-corrected chi connectivity index (χ1v) is 12.0. The predicted molar refractivity (Wildman–Crippen MR) is 137 cm³/mol. The molecule has 0 aliphatic carbocycles. The number of hydrogen-bond acceptors (Lipinski definition) is 6. The fourth-order valence-electron chi connectivity index (χ4n) is 3.63. The van der Waals surface area contributed by atoms with Gasteiger partial charge in [0.25, 0.3) is 0 Å². The first kappa shape index (κ1) is 24.4. The van der Waals surface area contributed by atoms with E-state index in [2.05, 4.69) is 20.8 Å². The Bertz CT molecular complexity index is 1410. The highest BCUT2D eigenvalue weighted by atomic mass is 35.5. The highest BCUT2D eigenvalue weighted by Crippen LogP contribution is 2.35. The van der Waals surface area contributed by atoms with Crippen LogP contribution in [0.15, 0.2) is 48.5 Å². The number of nitrogens with zero attached hydrogens (tertiary/aromatic N) is 3. The fourth-order valence-corrected chi connectivity index (χ4v) is 5.08. The number of thiophene rings is 1. The van der Waals surface area contributed by atoms with Crippen molar-refractivity contribution in [2.24, 2.45) is 0 Å². The molecule has 0 aliphatic rings. The highest BCUT2D eigenvalue weighted by Gasteiger charge is 2.26. The van der Waals surface area contributed by atoms with Gasteiger partial charge in [-0.15, -0.1) is 21.5 Å². The van der Waals surface area contributed by atoms with E-state index in [9.17, 15) is 9.59 Å². The average Bonchev–Trinajstić information content (AvgIpc) is 3.35. The molecule has 0 saturated carbocycles. The molecule has 4 aromatic rings. The minimum Gasteiger partial charge on any atom is -0.497 e. The molecule has 10 heteroatoms. The van der Waals surface area contributed by atoms with Crippen molar-refractivity contribution < 1.29 is 14.3 Å². The maximum atomic E-state index is 13.5. The summed E-state index contributed by atoms with van der Waals surface area (Å²) in [4.78, 5) is 27.0. The number of hydrogen-bond donors (Lipinski definition) is 2. The molecule has 2 aromatic carbocycles. The summed E-state index contributed by atoms with van der Waals surface area (Å²) in [5.41, 5.74) is 2.44. The molecule has 4 rings (SSSR count). The zero-order chi connectivity index (χ0) is 25.1. The van der Waals surface area contributed by atoms with Crippen molar-refractivity contribution in [3.8, 4) is 10.8 Å². The Hall–Kier alpha value is -3.69. The molecule has 2 amide bonds. The number of nitrogens with one attached hydrogen (secondary N) is 2. The summed E-state index contributed by atoms with van der Waals surface area (Å²) in [6.07, 6.45) is 0. The fraction of sp³-hybridized carbons (Fsp3) is 0.200. The van der Waals surface area contributed by atoms with Gasteiger partial charge in [0.1, 0.15) is 16.6 Å². The number of rotatable bonds is 7. The predicted octanol–water partition coefficient (Wildman–Crippen LogP) is 5.47. The van der Waals surface area contributed by atoms with E-state index >= 15 is 0 Å². The number of methoxy groups -OCH3 is 1. The van der Waals surface area contributed by atoms with Crippen LogP contribution in [0.2, 0.25) is 5.02 Å². The summed E-state index contributed by atoms with van der Waals surface area (Å²) in [6.45, 7) is 5.79. The number of amides is 2. The van der Waals surface area contributed by atoms with Crippen molar-refractivity contribution in [2.75, 3.05) is 12.4 Å². The Balaban J connectivity index is 1.61. The Morgan fingerprint density at radius 2 is 1.86 bits per heavy atom. The van der Waals surface area contributed by atoms with E-state index in [0.29, 0.717) is 44.2 Å². The van der Waals surface area contributed by atoms with Crippen LogP contribution in [-0.2, 0) is 6.54 Å². The van der Waals surface area contributed by atoms with Crippen LogP contribution in [0.3, 0.4) is 0 Å². The second-order valence-corrected chi connectivity index (χ2v) is 9.42. The summed E-state index contributed by atoms with van der Waals surface area (Å²) in [5.74, 6) is 1.56. The lowest BCUT2D eigenvalue weighted by Crippen LogP contribution is -2.29. The van der Waals surface area contributed by atoms with Gasteiger partial charge in [-0.25, -0.2) is 4.79 Å². The molecular weight excluding hydrogens is 486 g/mol. The molecule has 8 nitrogen and oxygen atoms in total. The van der Waals surface area contributed by atoms with Crippen LogP contribution in [0.25, 0.3) is 5.00 Å². The van der Waals surface area contributed by atoms with Crippen LogP contribution < -0.4 is 15.4 Å². The van der Waals surface area contributed by atoms with E-state index in [4.69, 9.17) is 16.3 Å². The molecule has 0 aliphatic heterocycles. The summed E-state index contributed by atoms with van der Waals surface area (Å²) < 4.78 is 6.99. The number of carbonyl (C=O) groups is 2. The maximum Gasteiger partial charge on any atom is 0.319 e. The quantitative estimate of drug-likeness (QED) is 0.322. The van der Waals surface area contributed by atoms with Crippen molar-refractivity contribution in [3.63, 3.8) is 0 Å². The number of halogens is 1. The molecule has 0 spiro atoms. The Kier molecular flexibility index (Phi) is 7.18. The number of anilines is 1. The van der Waals surface area contributed by atoms with Crippen LogP contribution in [-0.4, -0.2) is 33.7 Å². The SMILES string of the molecule is COc1cccc(NC(=O)NCc2nnc(C)n2-c2sc(C)c(C)c2C(=O)c2ccccc2Cl)c1. The third-order valence-electron chi connectivity index (χ3n) is 5.54. The standard InChI is InChI=1S/C25H24ClN5O3S/c1-14-15(2)35-24(22(14)23(32)19-10-5-6-11-20(19)26)31-16(3)29-30-21(31)13-27-25(33)28-17-8-7-9-18(12-17)34-4/h5-12H,13H2,1-4H3,(H2,27,28,33).